The number of ether oxygens (including phenoxy) is 1. The Morgan fingerprint density at radius 3 is 2.34 bits per heavy atom. The van der Waals surface area contributed by atoms with Crippen molar-refractivity contribution < 1.29 is 15.3 Å². The minimum Gasteiger partial charge on any atom is -0.462 e. The first-order chi connectivity index (χ1) is 14.3. The fraction of sp³-hybridized carbons (Fsp3) is 0.630. The molecule has 2 unspecified atom stereocenters. The van der Waals surface area contributed by atoms with E-state index in [0.717, 1.165) is 18.4 Å². The minimum absolute atomic E-state index is 0. The van der Waals surface area contributed by atoms with Gasteiger partial charge < -0.3 is 10.1 Å². The maximum atomic E-state index is 15.1. The molecule has 1 amide bonds. The number of allylic oxidation sites excluding steroid dienone is 3. The zero-order valence-electron chi connectivity index (χ0n) is 20.9. The third-order valence-corrected chi connectivity index (χ3v) is 5.78. The number of carbonyl (C=O) groups excluding carboxylic acids is 1. The number of nitrogens with zero attached hydrogens (tertiary/aromatic N) is 1. The van der Waals surface area contributed by atoms with Crippen molar-refractivity contribution in [1.82, 2.24) is 10.3 Å². The second kappa shape index (κ2) is 11.6. The summed E-state index contributed by atoms with van der Waals surface area (Å²) in [5.74, 6) is 0.0624. The van der Waals surface area contributed by atoms with E-state index in [1.807, 2.05) is 33.8 Å². The Labute approximate surface area is 197 Å². The first-order valence-corrected chi connectivity index (χ1v) is 11.3. The standard InChI is InChI=1S/C24H35FN2O2.C2H6.CH4.H2/c1-9-18-12-13-24(18,25)19-10-11-20(26-15-19)29-23(7,8)21(28)27-17(3)14-16(2)22(4,5)6;1-2;;/h10-11,14-15,18H,2,9,12-13H2,1,3-8H3,(H,27,28);1-2H3;1H4;1H/b17-14+;;;. The monoisotopic (exact) mass is 450 g/mol. The van der Waals surface area contributed by atoms with Crippen molar-refractivity contribution in [2.24, 2.45) is 11.3 Å². The van der Waals surface area contributed by atoms with Gasteiger partial charge in [-0.1, -0.05) is 55.5 Å². The predicted octanol–water partition coefficient (Wildman–Crippen LogP) is 7.75. The Morgan fingerprint density at radius 2 is 1.94 bits per heavy atom. The summed E-state index contributed by atoms with van der Waals surface area (Å²) in [6, 6.07) is 3.36. The van der Waals surface area contributed by atoms with Crippen LogP contribution in [0.3, 0.4) is 0 Å². The lowest BCUT2D eigenvalue weighted by atomic mass is 9.66. The van der Waals surface area contributed by atoms with E-state index in [4.69, 9.17) is 4.74 Å². The molecule has 1 fully saturated rings. The van der Waals surface area contributed by atoms with Gasteiger partial charge in [-0.25, -0.2) is 9.37 Å². The Bertz CT molecular complexity index is 795. The van der Waals surface area contributed by atoms with Crippen molar-refractivity contribution in [2.45, 2.75) is 100 Å². The number of pyridine rings is 1. The van der Waals surface area contributed by atoms with Crippen LogP contribution in [-0.2, 0) is 10.5 Å². The maximum absolute atomic E-state index is 15.1. The lowest BCUT2D eigenvalue weighted by molar-refractivity contribution is -0.133. The molecule has 4 nitrogen and oxygen atoms in total. The van der Waals surface area contributed by atoms with Gasteiger partial charge in [-0.2, -0.15) is 0 Å². The van der Waals surface area contributed by atoms with E-state index >= 15 is 4.39 Å². The normalized spacial score (nSPS) is 20.7. The summed E-state index contributed by atoms with van der Waals surface area (Å²) in [5, 5.41) is 2.86. The number of rotatable bonds is 7. The fourth-order valence-corrected chi connectivity index (χ4v) is 3.35. The first kappa shape index (κ1) is 29.8. The van der Waals surface area contributed by atoms with Crippen LogP contribution in [0.15, 0.2) is 42.3 Å². The summed E-state index contributed by atoms with van der Waals surface area (Å²) < 4.78 is 20.9. The summed E-state index contributed by atoms with van der Waals surface area (Å²) in [6.07, 6.45) is 5.66. The van der Waals surface area contributed by atoms with Gasteiger partial charge >= 0.3 is 0 Å². The Balaban J connectivity index is 0. The van der Waals surface area contributed by atoms with E-state index in [9.17, 15) is 4.79 Å². The highest BCUT2D eigenvalue weighted by Crippen LogP contribution is 2.51. The van der Waals surface area contributed by atoms with E-state index in [2.05, 4.69) is 37.7 Å². The third-order valence-electron chi connectivity index (χ3n) is 5.78. The zero-order chi connectivity index (χ0) is 24.0. The van der Waals surface area contributed by atoms with Crippen molar-refractivity contribution in [3.8, 4) is 5.88 Å². The number of aromatic nitrogens is 1. The van der Waals surface area contributed by atoms with Gasteiger partial charge in [-0.05, 0) is 69.1 Å². The van der Waals surface area contributed by atoms with Crippen molar-refractivity contribution in [2.75, 3.05) is 0 Å². The van der Waals surface area contributed by atoms with Crippen LogP contribution in [0.5, 0.6) is 5.88 Å². The quantitative estimate of drug-likeness (QED) is 0.432. The molecular weight excluding hydrogens is 403 g/mol. The molecule has 1 aromatic rings. The van der Waals surface area contributed by atoms with E-state index in [1.54, 1.807) is 26.0 Å². The number of alkyl halides is 1. The number of nitrogens with one attached hydrogen (secondary N) is 1. The number of carbonyl (C=O) groups is 1. The molecule has 0 aromatic carbocycles. The lowest BCUT2D eigenvalue weighted by Gasteiger charge is -2.43. The largest absolute Gasteiger partial charge is 0.462 e. The molecule has 0 bridgehead atoms. The molecule has 0 radical (unpaired) electrons. The van der Waals surface area contributed by atoms with Crippen LogP contribution < -0.4 is 10.1 Å². The molecule has 2 rings (SSSR count). The average Bonchev–Trinajstić information content (AvgIpc) is 2.68. The van der Waals surface area contributed by atoms with Crippen LogP contribution in [0.4, 0.5) is 4.39 Å². The van der Waals surface area contributed by atoms with Crippen LogP contribution in [0.2, 0.25) is 0 Å². The second-order valence-corrected chi connectivity index (χ2v) is 9.56. The SMILES string of the molecule is C.C=C(/C=C(\C)NC(=O)C(C)(C)Oc1ccc(C2(F)CCC2CC)cn1)C(C)(C)C.CC.[HH]. The molecule has 1 saturated carbocycles. The Morgan fingerprint density at radius 1 is 1.34 bits per heavy atom. The summed E-state index contributed by atoms with van der Waals surface area (Å²) in [4.78, 5) is 16.9. The number of hydrogen-bond acceptors (Lipinski definition) is 3. The van der Waals surface area contributed by atoms with Gasteiger partial charge in [-0.3, -0.25) is 4.79 Å². The molecule has 0 spiro atoms. The van der Waals surface area contributed by atoms with Crippen molar-refractivity contribution in [3.63, 3.8) is 0 Å². The molecule has 184 valence electrons. The molecule has 1 heterocycles. The highest BCUT2D eigenvalue weighted by atomic mass is 19.1. The van der Waals surface area contributed by atoms with Crippen LogP contribution in [0.25, 0.3) is 0 Å². The van der Waals surface area contributed by atoms with E-state index < -0.39 is 11.3 Å². The Hall–Kier alpha value is -2.17. The summed E-state index contributed by atoms with van der Waals surface area (Å²) in [5.41, 5.74) is -0.288. The molecule has 0 aliphatic heterocycles. The first-order valence-electron chi connectivity index (χ1n) is 11.3. The minimum atomic E-state index is -1.29. The van der Waals surface area contributed by atoms with Gasteiger partial charge in [-0.15, -0.1) is 0 Å². The molecule has 0 saturated heterocycles. The maximum Gasteiger partial charge on any atom is 0.267 e. The number of amides is 1. The Kier molecular flexibility index (Phi) is 10.8. The lowest BCUT2D eigenvalue weighted by Crippen LogP contribution is -2.46. The summed E-state index contributed by atoms with van der Waals surface area (Å²) in [6.45, 7) is 21.4. The van der Waals surface area contributed by atoms with Gasteiger partial charge in [0, 0.05) is 25.0 Å². The number of halogens is 1. The van der Waals surface area contributed by atoms with E-state index in [0.29, 0.717) is 23.6 Å². The topological polar surface area (TPSA) is 51.2 Å². The molecule has 1 N–H and O–H groups in total. The average molecular weight is 451 g/mol. The zero-order valence-corrected chi connectivity index (χ0v) is 20.9. The van der Waals surface area contributed by atoms with Gasteiger partial charge in [0.05, 0.1) is 0 Å². The molecule has 2 atom stereocenters. The van der Waals surface area contributed by atoms with Crippen molar-refractivity contribution in [1.29, 1.82) is 0 Å². The molecule has 32 heavy (non-hydrogen) atoms. The molecule has 5 heteroatoms. The predicted molar refractivity (Wildman–Crippen MR) is 135 cm³/mol. The van der Waals surface area contributed by atoms with Gasteiger partial charge in [0.25, 0.3) is 5.91 Å². The molecule has 1 aromatic heterocycles. The molecular formula is C27H47FN2O2. The van der Waals surface area contributed by atoms with Crippen molar-refractivity contribution >= 4 is 5.91 Å². The van der Waals surface area contributed by atoms with E-state index in [-0.39, 0.29) is 26.1 Å². The van der Waals surface area contributed by atoms with Crippen LogP contribution in [0, 0.1) is 11.3 Å². The van der Waals surface area contributed by atoms with Crippen molar-refractivity contribution in [3.05, 3.63) is 47.8 Å². The van der Waals surface area contributed by atoms with E-state index in [1.165, 1.54) is 6.20 Å². The highest BCUT2D eigenvalue weighted by Gasteiger charge is 2.47. The summed E-state index contributed by atoms with van der Waals surface area (Å²) in [7, 11) is 0. The van der Waals surface area contributed by atoms with Gasteiger partial charge in [0.15, 0.2) is 5.60 Å². The third kappa shape index (κ3) is 7.18. The molecule has 1 aliphatic rings. The van der Waals surface area contributed by atoms with Gasteiger partial charge in [0.2, 0.25) is 5.88 Å². The molecule has 1 aliphatic carbocycles. The number of hydrogen-bond donors (Lipinski definition) is 1. The van der Waals surface area contributed by atoms with Crippen LogP contribution in [0.1, 0.15) is 96.0 Å². The highest BCUT2D eigenvalue weighted by molar-refractivity contribution is 5.86. The van der Waals surface area contributed by atoms with Crippen LogP contribution in [-0.4, -0.2) is 16.5 Å². The van der Waals surface area contributed by atoms with Gasteiger partial charge in [0.1, 0.15) is 5.67 Å². The second-order valence-electron chi connectivity index (χ2n) is 9.56. The smallest absolute Gasteiger partial charge is 0.267 e. The van der Waals surface area contributed by atoms with Crippen LogP contribution >= 0.6 is 0 Å². The summed E-state index contributed by atoms with van der Waals surface area (Å²) >= 11 is 0. The fourth-order valence-electron chi connectivity index (χ4n) is 3.35.